The summed E-state index contributed by atoms with van der Waals surface area (Å²) in [5.41, 5.74) is 0.426. The fraction of sp³-hybridized carbons (Fsp3) is 0.143. The highest BCUT2D eigenvalue weighted by Crippen LogP contribution is 2.18. The van der Waals surface area contributed by atoms with E-state index in [2.05, 4.69) is 27.6 Å². The predicted molar refractivity (Wildman–Crippen MR) is 48.9 cm³/mol. The molecule has 0 spiro atoms. The Balaban J connectivity index is 3.09. The molecule has 0 aromatic carbocycles. The van der Waals surface area contributed by atoms with E-state index >= 15 is 0 Å². The molecule has 0 aliphatic carbocycles. The quantitative estimate of drug-likeness (QED) is 0.599. The maximum absolute atomic E-state index is 10.3. The van der Waals surface area contributed by atoms with E-state index in [9.17, 15) is 4.79 Å². The maximum atomic E-state index is 10.3. The number of rotatable bonds is 2. The van der Waals surface area contributed by atoms with Gasteiger partial charge >= 0.3 is 0 Å². The molecule has 11 heavy (non-hydrogen) atoms. The van der Waals surface area contributed by atoms with Crippen molar-refractivity contribution < 1.29 is 9.53 Å². The molecule has 3 nitrogen and oxygen atoms in total. The summed E-state index contributed by atoms with van der Waals surface area (Å²) in [4.78, 5) is 14.1. The minimum atomic E-state index is 0.426. The van der Waals surface area contributed by atoms with Crippen LogP contribution in [0.2, 0.25) is 0 Å². The molecule has 58 valence electrons. The summed E-state index contributed by atoms with van der Waals surface area (Å²) in [5.74, 6) is 0.691. The lowest BCUT2D eigenvalue weighted by molar-refractivity contribution is 0.111. The fourth-order valence-electron chi connectivity index (χ4n) is 0.648. The molecule has 0 fully saturated rings. The first-order valence-electron chi connectivity index (χ1n) is 2.92. The van der Waals surface area contributed by atoms with Crippen LogP contribution in [0.4, 0.5) is 0 Å². The molecule has 0 saturated heterocycles. The molecule has 0 aliphatic heterocycles. The van der Waals surface area contributed by atoms with Crippen molar-refractivity contribution >= 4 is 28.9 Å². The number of methoxy groups -OCH3 is 1. The number of ether oxygens (including phenoxy) is 1. The molecule has 0 N–H and O–H groups in total. The zero-order valence-corrected chi connectivity index (χ0v) is 8.03. The van der Waals surface area contributed by atoms with Crippen molar-refractivity contribution in [3.05, 3.63) is 21.5 Å². The van der Waals surface area contributed by atoms with Crippen molar-refractivity contribution in [2.75, 3.05) is 7.11 Å². The summed E-state index contributed by atoms with van der Waals surface area (Å²) in [6.45, 7) is 0. The normalized spacial score (nSPS) is 9.27. The first-order valence-corrected chi connectivity index (χ1v) is 4.00. The van der Waals surface area contributed by atoms with Gasteiger partial charge in [-0.25, -0.2) is 4.98 Å². The lowest BCUT2D eigenvalue weighted by atomic mass is 10.4. The molecule has 0 amide bonds. The minimum absolute atomic E-state index is 0.426. The molecule has 1 aromatic rings. The minimum Gasteiger partial charge on any atom is -0.494 e. The number of carbonyl (C=O) groups excluding carboxylic acids is 1. The Hall–Kier alpha value is -0.650. The molecule has 0 bridgehead atoms. The highest BCUT2D eigenvalue weighted by atomic mass is 127. The molecular weight excluding hydrogens is 257 g/mol. The second-order valence-corrected chi connectivity index (χ2v) is 3.02. The van der Waals surface area contributed by atoms with Crippen LogP contribution >= 0.6 is 22.6 Å². The standard InChI is InChI=1S/C7H6INO2/c1-11-7-3-9-5(4-10)2-6(7)8/h2-4H,1H3. The number of pyridine rings is 1. The van der Waals surface area contributed by atoms with Gasteiger partial charge < -0.3 is 4.74 Å². The van der Waals surface area contributed by atoms with Crippen molar-refractivity contribution in [1.82, 2.24) is 4.98 Å². The third-order valence-corrected chi connectivity index (χ3v) is 2.02. The molecule has 1 rings (SSSR count). The van der Waals surface area contributed by atoms with Gasteiger partial charge in [0, 0.05) is 0 Å². The van der Waals surface area contributed by atoms with E-state index in [0.717, 1.165) is 3.57 Å². The van der Waals surface area contributed by atoms with E-state index in [0.29, 0.717) is 17.7 Å². The Morgan fingerprint density at radius 2 is 2.45 bits per heavy atom. The average Bonchev–Trinajstić information content (AvgIpc) is 2.04. The van der Waals surface area contributed by atoms with Crippen LogP contribution < -0.4 is 4.74 Å². The topological polar surface area (TPSA) is 39.2 Å². The van der Waals surface area contributed by atoms with E-state index in [1.807, 2.05) is 0 Å². The van der Waals surface area contributed by atoms with E-state index in [1.165, 1.54) is 6.20 Å². The van der Waals surface area contributed by atoms with Crippen LogP contribution in [-0.4, -0.2) is 18.4 Å². The Morgan fingerprint density at radius 1 is 1.73 bits per heavy atom. The fourth-order valence-corrected chi connectivity index (χ4v) is 1.33. The van der Waals surface area contributed by atoms with Crippen molar-refractivity contribution in [3.63, 3.8) is 0 Å². The van der Waals surface area contributed by atoms with Gasteiger partial charge in [0.25, 0.3) is 0 Å². The van der Waals surface area contributed by atoms with Crippen molar-refractivity contribution in [2.24, 2.45) is 0 Å². The molecule has 1 heterocycles. The summed E-state index contributed by atoms with van der Waals surface area (Å²) in [7, 11) is 1.57. The van der Waals surface area contributed by atoms with Gasteiger partial charge in [0.1, 0.15) is 11.4 Å². The SMILES string of the molecule is COc1cnc(C=O)cc1I. The van der Waals surface area contributed by atoms with Crippen molar-refractivity contribution in [2.45, 2.75) is 0 Å². The number of nitrogens with zero attached hydrogens (tertiary/aromatic N) is 1. The highest BCUT2D eigenvalue weighted by Gasteiger charge is 2.00. The van der Waals surface area contributed by atoms with Crippen LogP contribution in [0.1, 0.15) is 10.5 Å². The average molecular weight is 263 g/mol. The number of halogens is 1. The Labute approximate surface area is 77.9 Å². The lowest BCUT2D eigenvalue weighted by Gasteiger charge is -2.00. The first kappa shape index (κ1) is 8.45. The van der Waals surface area contributed by atoms with E-state index < -0.39 is 0 Å². The largest absolute Gasteiger partial charge is 0.494 e. The van der Waals surface area contributed by atoms with Gasteiger partial charge in [-0.15, -0.1) is 0 Å². The van der Waals surface area contributed by atoms with Gasteiger partial charge in [-0.1, -0.05) is 0 Å². The molecule has 0 aliphatic rings. The van der Waals surface area contributed by atoms with E-state index in [1.54, 1.807) is 13.2 Å². The lowest BCUT2D eigenvalue weighted by Crippen LogP contribution is -1.92. The second kappa shape index (κ2) is 3.66. The third-order valence-electron chi connectivity index (χ3n) is 1.18. The molecule has 0 atom stereocenters. The highest BCUT2D eigenvalue weighted by molar-refractivity contribution is 14.1. The molecule has 4 heteroatoms. The van der Waals surface area contributed by atoms with Crippen LogP contribution in [0.25, 0.3) is 0 Å². The number of aromatic nitrogens is 1. The second-order valence-electron chi connectivity index (χ2n) is 1.86. The van der Waals surface area contributed by atoms with Gasteiger partial charge in [-0.3, -0.25) is 4.79 Å². The molecule has 1 aromatic heterocycles. The van der Waals surface area contributed by atoms with Gasteiger partial charge in [-0.2, -0.15) is 0 Å². The Kier molecular flexibility index (Phi) is 2.81. The summed E-state index contributed by atoms with van der Waals surface area (Å²) >= 11 is 2.09. The van der Waals surface area contributed by atoms with Crippen LogP contribution in [-0.2, 0) is 0 Å². The predicted octanol–water partition coefficient (Wildman–Crippen LogP) is 1.51. The molecular formula is C7H6INO2. The molecule has 0 unspecified atom stereocenters. The number of hydrogen-bond donors (Lipinski definition) is 0. The zero-order chi connectivity index (χ0) is 8.27. The van der Waals surface area contributed by atoms with Crippen LogP contribution in [0.3, 0.4) is 0 Å². The Morgan fingerprint density at radius 3 is 2.91 bits per heavy atom. The summed E-state index contributed by atoms with van der Waals surface area (Å²) in [6.07, 6.45) is 2.24. The van der Waals surface area contributed by atoms with E-state index in [-0.39, 0.29) is 0 Å². The zero-order valence-electron chi connectivity index (χ0n) is 5.87. The molecule has 0 saturated carbocycles. The maximum Gasteiger partial charge on any atom is 0.168 e. The van der Waals surface area contributed by atoms with Gasteiger partial charge in [-0.05, 0) is 28.7 Å². The number of carbonyl (C=O) groups is 1. The Bertz CT molecular complexity index is 275. The number of aldehydes is 1. The van der Waals surface area contributed by atoms with E-state index in [4.69, 9.17) is 4.74 Å². The van der Waals surface area contributed by atoms with Crippen LogP contribution in [0.5, 0.6) is 5.75 Å². The molecule has 0 radical (unpaired) electrons. The van der Waals surface area contributed by atoms with Gasteiger partial charge in [0.05, 0.1) is 16.9 Å². The van der Waals surface area contributed by atoms with Crippen LogP contribution in [0.15, 0.2) is 12.3 Å². The number of hydrogen-bond acceptors (Lipinski definition) is 3. The summed E-state index contributed by atoms with van der Waals surface area (Å²) < 4.78 is 5.85. The first-order chi connectivity index (χ1) is 5.27. The van der Waals surface area contributed by atoms with Crippen molar-refractivity contribution in [1.29, 1.82) is 0 Å². The van der Waals surface area contributed by atoms with Gasteiger partial charge in [0.2, 0.25) is 0 Å². The van der Waals surface area contributed by atoms with Crippen molar-refractivity contribution in [3.8, 4) is 5.75 Å². The summed E-state index contributed by atoms with van der Waals surface area (Å²) in [5, 5.41) is 0. The monoisotopic (exact) mass is 263 g/mol. The van der Waals surface area contributed by atoms with Gasteiger partial charge in [0.15, 0.2) is 6.29 Å². The van der Waals surface area contributed by atoms with Crippen LogP contribution in [0, 0.1) is 3.57 Å². The summed E-state index contributed by atoms with van der Waals surface area (Å²) in [6, 6.07) is 1.67. The third kappa shape index (κ3) is 1.89. The smallest absolute Gasteiger partial charge is 0.168 e.